The molecule has 1 saturated carbocycles. The Kier molecular flexibility index (Phi) is 5.95. The van der Waals surface area contributed by atoms with Crippen molar-refractivity contribution in [3.8, 4) is 16.2 Å². The van der Waals surface area contributed by atoms with Crippen molar-refractivity contribution in [2.45, 2.75) is 30.6 Å². The second-order valence-electron chi connectivity index (χ2n) is 11.1. The summed E-state index contributed by atoms with van der Waals surface area (Å²) in [6.45, 7) is 1.70. The number of phenols is 1. The standard InChI is InChI=1S/C30H28N2O8S/c1-11-13-8-9-14(16-10-12-6-4-5-7-15(12)41-16)23(33)18(13)24(34)19-17(11)25(35)21-22(32(2)3)26(36)20(29(31)39)28(38)30(21,40)27(19)37/h4-11,17,21-22,25,33-35,38,40H,1-3H3,(H2,31,39). The van der Waals surface area contributed by atoms with Gasteiger partial charge in [0.1, 0.15) is 22.8 Å². The van der Waals surface area contributed by atoms with Gasteiger partial charge in [-0.25, -0.2) is 0 Å². The van der Waals surface area contributed by atoms with Gasteiger partial charge in [-0.05, 0) is 49.2 Å². The lowest BCUT2D eigenvalue weighted by atomic mass is 9.54. The Morgan fingerprint density at radius 3 is 2.39 bits per heavy atom. The molecule has 1 aromatic heterocycles. The van der Waals surface area contributed by atoms with Crippen LogP contribution in [0.2, 0.25) is 0 Å². The molecule has 7 N–H and O–H groups in total. The monoisotopic (exact) mass is 576 g/mol. The van der Waals surface area contributed by atoms with E-state index >= 15 is 0 Å². The topological polar surface area (TPSA) is 182 Å². The molecular formula is C30H28N2O8S. The summed E-state index contributed by atoms with van der Waals surface area (Å²) < 4.78 is 0.990. The number of likely N-dealkylation sites (N-methyl/N-ethyl adjacent to an activating group) is 1. The van der Waals surface area contributed by atoms with Crippen molar-refractivity contribution in [1.29, 1.82) is 0 Å². The summed E-state index contributed by atoms with van der Waals surface area (Å²) in [7, 11) is 2.94. The van der Waals surface area contributed by atoms with Crippen molar-refractivity contribution < 1.29 is 39.9 Å². The lowest BCUT2D eigenvalue weighted by Crippen LogP contribution is -2.70. The molecule has 3 aromatic rings. The molecule has 3 aliphatic rings. The smallest absolute Gasteiger partial charge is 0.255 e. The van der Waals surface area contributed by atoms with Crippen molar-refractivity contribution in [2.24, 2.45) is 17.6 Å². The molecule has 212 valence electrons. The number of hydrogen-bond acceptors (Lipinski definition) is 10. The van der Waals surface area contributed by atoms with Gasteiger partial charge in [0, 0.05) is 26.6 Å². The highest BCUT2D eigenvalue weighted by Gasteiger charge is 2.68. The molecule has 1 fully saturated rings. The molecule has 0 aliphatic heterocycles. The third-order valence-corrected chi connectivity index (χ3v) is 9.97. The van der Waals surface area contributed by atoms with Gasteiger partial charge in [0.05, 0.1) is 23.6 Å². The third kappa shape index (κ3) is 3.43. The van der Waals surface area contributed by atoms with Crippen molar-refractivity contribution in [2.75, 3.05) is 14.1 Å². The number of aromatic hydroxyl groups is 1. The first-order valence-corrected chi connectivity index (χ1v) is 13.8. The number of primary amides is 1. The molecule has 11 heteroatoms. The Labute approximate surface area is 238 Å². The quantitative estimate of drug-likeness (QED) is 0.255. The fraction of sp³-hybridized carbons (Fsp3) is 0.300. The fourth-order valence-electron chi connectivity index (χ4n) is 6.93. The third-order valence-electron chi connectivity index (χ3n) is 8.82. The van der Waals surface area contributed by atoms with Crippen LogP contribution in [0.5, 0.6) is 5.75 Å². The molecule has 0 saturated heterocycles. The van der Waals surface area contributed by atoms with Crippen LogP contribution >= 0.6 is 11.3 Å². The molecule has 1 heterocycles. The van der Waals surface area contributed by atoms with Gasteiger partial charge >= 0.3 is 0 Å². The predicted octanol–water partition coefficient (Wildman–Crippen LogP) is 2.38. The Morgan fingerprint density at radius 2 is 1.76 bits per heavy atom. The van der Waals surface area contributed by atoms with Crippen molar-refractivity contribution in [3.05, 3.63) is 70.5 Å². The highest BCUT2D eigenvalue weighted by Crippen LogP contribution is 2.57. The molecule has 0 radical (unpaired) electrons. The molecule has 1 amide bonds. The Hall–Kier alpha value is -4.03. The minimum absolute atomic E-state index is 0.0315. The van der Waals surface area contributed by atoms with Crippen LogP contribution in [0.4, 0.5) is 0 Å². The summed E-state index contributed by atoms with van der Waals surface area (Å²) in [5.41, 5.74) is 1.90. The first-order valence-electron chi connectivity index (χ1n) is 13.0. The number of aliphatic hydroxyl groups is 4. The van der Waals surface area contributed by atoms with Crippen LogP contribution in [-0.2, 0) is 14.4 Å². The average molecular weight is 577 g/mol. The summed E-state index contributed by atoms with van der Waals surface area (Å²) in [6, 6.07) is 11.6. The summed E-state index contributed by atoms with van der Waals surface area (Å²) in [4.78, 5) is 41.6. The lowest BCUT2D eigenvalue weighted by molar-refractivity contribution is -0.169. The van der Waals surface area contributed by atoms with Crippen molar-refractivity contribution >= 4 is 44.7 Å². The number of fused-ring (bicyclic) bond motifs is 4. The van der Waals surface area contributed by atoms with Crippen LogP contribution in [-0.4, -0.2) is 79.7 Å². The van der Waals surface area contributed by atoms with Gasteiger partial charge in [0.2, 0.25) is 5.78 Å². The van der Waals surface area contributed by atoms with E-state index in [0.29, 0.717) is 11.1 Å². The van der Waals surface area contributed by atoms with Crippen LogP contribution in [0.25, 0.3) is 26.3 Å². The number of carbonyl (C=O) groups excluding carboxylic acids is 3. The van der Waals surface area contributed by atoms with Crippen LogP contribution in [0.1, 0.15) is 24.0 Å². The first-order chi connectivity index (χ1) is 19.3. The van der Waals surface area contributed by atoms with Gasteiger partial charge in [0.15, 0.2) is 11.4 Å². The minimum atomic E-state index is -2.94. The fourth-order valence-corrected chi connectivity index (χ4v) is 8.02. The predicted molar refractivity (Wildman–Crippen MR) is 151 cm³/mol. The Balaban J connectivity index is 1.59. The van der Waals surface area contributed by atoms with E-state index in [0.717, 1.165) is 15.0 Å². The molecule has 3 aliphatic carbocycles. The molecule has 6 atom stereocenters. The molecule has 6 unspecified atom stereocenters. The second-order valence-corrected chi connectivity index (χ2v) is 12.2. The van der Waals surface area contributed by atoms with E-state index in [-0.39, 0.29) is 11.3 Å². The molecule has 6 rings (SSSR count). The summed E-state index contributed by atoms with van der Waals surface area (Å²) >= 11 is 1.44. The van der Waals surface area contributed by atoms with Gasteiger partial charge in [-0.1, -0.05) is 31.2 Å². The SMILES string of the molecule is CC1c2ccc(-c3cc4ccccc4s3)c(O)c2C(O)=C2C(=O)C3(O)C(O)=C(C(N)=O)C(=O)C(N(C)C)C3C(O)C21. The first kappa shape index (κ1) is 27.2. The highest BCUT2D eigenvalue weighted by molar-refractivity contribution is 7.22. The van der Waals surface area contributed by atoms with E-state index in [1.807, 2.05) is 30.3 Å². The maximum Gasteiger partial charge on any atom is 0.255 e. The zero-order valence-electron chi connectivity index (χ0n) is 22.3. The largest absolute Gasteiger partial charge is 0.508 e. The molecule has 10 nitrogen and oxygen atoms in total. The Bertz CT molecular complexity index is 1720. The number of thiophene rings is 1. The van der Waals surface area contributed by atoms with E-state index in [2.05, 4.69) is 0 Å². The highest BCUT2D eigenvalue weighted by atomic mass is 32.1. The summed E-state index contributed by atoms with van der Waals surface area (Å²) in [5, 5.41) is 58.5. The zero-order valence-corrected chi connectivity index (χ0v) is 23.1. The maximum atomic E-state index is 14.1. The molecule has 0 bridgehead atoms. The van der Waals surface area contributed by atoms with Crippen molar-refractivity contribution in [3.63, 3.8) is 0 Å². The average Bonchev–Trinajstić information content (AvgIpc) is 3.34. The van der Waals surface area contributed by atoms with Crippen molar-refractivity contribution in [1.82, 2.24) is 4.90 Å². The number of carbonyl (C=O) groups is 3. The number of rotatable bonds is 3. The van der Waals surface area contributed by atoms with Gasteiger partial charge < -0.3 is 31.3 Å². The van der Waals surface area contributed by atoms with Crippen LogP contribution in [0, 0.1) is 11.8 Å². The van der Waals surface area contributed by atoms with Gasteiger partial charge in [-0.2, -0.15) is 0 Å². The number of ketones is 2. The van der Waals surface area contributed by atoms with Gasteiger partial charge in [-0.15, -0.1) is 11.3 Å². The Morgan fingerprint density at radius 1 is 1.07 bits per heavy atom. The number of phenolic OH excluding ortho intramolecular Hbond substituents is 1. The van der Waals surface area contributed by atoms with E-state index in [1.54, 1.807) is 19.1 Å². The number of amides is 1. The maximum absolute atomic E-state index is 14.1. The molecule has 2 aromatic carbocycles. The normalized spacial score (nSPS) is 29.6. The van der Waals surface area contributed by atoms with Gasteiger partial charge in [0.25, 0.3) is 5.91 Å². The van der Waals surface area contributed by atoms with Crippen LogP contribution < -0.4 is 5.73 Å². The van der Waals surface area contributed by atoms with Crippen LogP contribution in [0.3, 0.4) is 0 Å². The number of Topliss-reactive ketones (excluding diaryl/α,β-unsaturated/α-hetero) is 2. The number of nitrogens with zero attached hydrogens (tertiary/aromatic N) is 1. The van der Waals surface area contributed by atoms with Gasteiger partial charge in [-0.3, -0.25) is 19.3 Å². The zero-order chi connectivity index (χ0) is 29.7. The lowest BCUT2D eigenvalue weighted by Gasteiger charge is -2.53. The van der Waals surface area contributed by atoms with E-state index in [9.17, 15) is 39.9 Å². The van der Waals surface area contributed by atoms with E-state index < -0.39 is 75.6 Å². The number of hydrogen-bond donors (Lipinski definition) is 6. The number of nitrogens with two attached hydrogens (primary N) is 1. The number of benzene rings is 2. The van der Waals surface area contributed by atoms with Crippen LogP contribution in [0.15, 0.2) is 59.4 Å². The summed E-state index contributed by atoms with van der Waals surface area (Å²) in [5.74, 6) is -9.03. The van der Waals surface area contributed by atoms with E-state index in [1.165, 1.54) is 30.3 Å². The molecular weight excluding hydrogens is 548 g/mol. The molecule has 0 spiro atoms. The van der Waals surface area contributed by atoms with E-state index in [4.69, 9.17) is 5.73 Å². The minimum Gasteiger partial charge on any atom is -0.508 e. The number of aliphatic hydroxyl groups excluding tert-OH is 3. The summed E-state index contributed by atoms with van der Waals surface area (Å²) in [6.07, 6.45) is -1.63. The second kappa shape index (κ2) is 8.98. The molecule has 41 heavy (non-hydrogen) atoms.